The molecule has 0 unspecified atom stereocenters. The van der Waals surface area contributed by atoms with Crippen LogP contribution in [-0.4, -0.2) is 9.55 Å². The number of benzene rings is 1. The maximum atomic E-state index is 4.51. The number of anilines is 2. The Morgan fingerprint density at radius 1 is 1.15 bits per heavy atom. The minimum absolute atomic E-state index is 0.610. The highest BCUT2D eigenvalue weighted by molar-refractivity contribution is 5.60. The van der Waals surface area contributed by atoms with Crippen LogP contribution in [0.2, 0.25) is 0 Å². The van der Waals surface area contributed by atoms with Crippen LogP contribution < -0.4 is 5.32 Å². The van der Waals surface area contributed by atoms with Gasteiger partial charge in [0.25, 0.3) is 0 Å². The van der Waals surface area contributed by atoms with Crippen LogP contribution in [0.3, 0.4) is 0 Å². The Kier molecular flexibility index (Phi) is 3.77. The van der Waals surface area contributed by atoms with Crippen LogP contribution in [-0.2, 0) is 0 Å². The summed E-state index contributed by atoms with van der Waals surface area (Å²) in [7, 11) is 0. The van der Waals surface area contributed by atoms with Crippen molar-refractivity contribution < 1.29 is 0 Å². The molecule has 0 radical (unpaired) electrons. The van der Waals surface area contributed by atoms with E-state index < -0.39 is 0 Å². The van der Waals surface area contributed by atoms with Crippen molar-refractivity contribution in [3.8, 4) is 0 Å². The van der Waals surface area contributed by atoms with Gasteiger partial charge in [0.05, 0.1) is 0 Å². The minimum Gasteiger partial charge on any atom is -0.325 e. The standard InChI is InChI=1S/C17H23N3/c1-13-7-6-10-16(14(13)2)19-17-18-11-12-20(17)15-8-4-3-5-9-15/h6-7,10-12,15H,3-5,8-9H2,1-2H3,(H,18,19). The Labute approximate surface area is 121 Å². The van der Waals surface area contributed by atoms with E-state index >= 15 is 0 Å². The van der Waals surface area contributed by atoms with Crippen molar-refractivity contribution in [1.29, 1.82) is 0 Å². The van der Waals surface area contributed by atoms with Crippen molar-refractivity contribution in [2.45, 2.75) is 52.0 Å². The van der Waals surface area contributed by atoms with Gasteiger partial charge in [-0.2, -0.15) is 0 Å². The van der Waals surface area contributed by atoms with Gasteiger partial charge in [0.15, 0.2) is 0 Å². The molecule has 1 aromatic carbocycles. The molecule has 0 amide bonds. The third-order valence-electron chi connectivity index (χ3n) is 4.49. The second-order valence-electron chi connectivity index (χ2n) is 5.82. The molecular formula is C17H23N3. The van der Waals surface area contributed by atoms with Crippen LogP contribution in [0.1, 0.15) is 49.3 Å². The SMILES string of the molecule is Cc1cccc(Nc2nccn2C2CCCCC2)c1C. The molecule has 0 atom stereocenters. The molecule has 3 nitrogen and oxygen atoms in total. The van der Waals surface area contributed by atoms with Crippen LogP contribution in [0.25, 0.3) is 0 Å². The number of hydrogen-bond acceptors (Lipinski definition) is 2. The Balaban J connectivity index is 1.84. The summed E-state index contributed by atoms with van der Waals surface area (Å²) in [6.45, 7) is 4.31. The number of hydrogen-bond donors (Lipinski definition) is 1. The summed E-state index contributed by atoms with van der Waals surface area (Å²) in [4.78, 5) is 4.51. The molecule has 20 heavy (non-hydrogen) atoms. The predicted octanol–water partition coefficient (Wildman–Crippen LogP) is 4.75. The van der Waals surface area contributed by atoms with Gasteiger partial charge in [0.2, 0.25) is 5.95 Å². The average molecular weight is 269 g/mol. The van der Waals surface area contributed by atoms with E-state index in [1.54, 1.807) is 0 Å². The maximum absolute atomic E-state index is 4.51. The van der Waals surface area contributed by atoms with Crippen molar-refractivity contribution >= 4 is 11.6 Å². The van der Waals surface area contributed by atoms with Gasteiger partial charge < -0.3 is 9.88 Å². The van der Waals surface area contributed by atoms with E-state index in [1.807, 2.05) is 6.20 Å². The van der Waals surface area contributed by atoms with E-state index in [0.29, 0.717) is 6.04 Å². The van der Waals surface area contributed by atoms with E-state index in [4.69, 9.17) is 0 Å². The number of nitrogens with zero attached hydrogens (tertiary/aromatic N) is 2. The zero-order valence-electron chi connectivity index (χ0n) is 12.4. The molecule has 3 heteroatoms. The molecule has 0 saturated heterocycles. The third-order valence-corrected chi connectivity index (χ3v) is 4.49. The minimum atomic E-state index is 0.610. The largest absolute Gasteiger partial charge is 0.325 e. The summed E-state index contributed by atoms with van der Waals surface area (Å²) >= 11 is 0. The van der Waals surface area contributed by atoms with Gasteiger partial charge in [0, 0.05) is 24.1 Å². The lowest BCUT2D eigenvalue weighted by molar-refractivity contribution is 0.356. The second kappa shape index (κ2) is 5.70. The van der Waals surface area contributed by atoms with Gasteiger partial charge in [-0.05, 0) is 43.9 Å². The Morgan fingerprint density at radius 2 is 1.95 bits per heavy atom. The van der Waals surface area contributed by atoms with Crippen molar-refractivity contribution in [1.82, 2.24) is 9.55 Å². The summed E-state index contributed by atoms with van der Waals surface area (Å²) in [5.74, 6) is 0.977. The summed E-state index contributed by atoms with van der Waals surface area (Å²) in [6.07, 6.45) is 10.6. The molecule has 1 aliphatic rings. The second-order valence-corrected chi connectivity index (χ2v) is 5.82. The van der Waals surface area contributed by atoms with E-state index in [-0.39, 0.29) is 0 Å². The number of rotatable bonds is 3. The fourth-order valence-electron chi connectivity index (χ4n) is 3.07. The number of aryl methyl sites for hydroxylation is 1. The Bertz CT molecular complexity index is 580. The highest BCUT2D eigenvalue weighted by atomic mass is 15.2. The fourth-order valence-corrected chi connectivity index (χ4v) is 3.07. The fraction of sp³-hybridized carbons (Fsp3) is 0.471. The number of nitrogens with one attached hydrogen (secondary N) is 1. The van der Waals surface area contributed by atoms with Gasteiger partial charge in [-0.25, -0.2) is 4.98 Å². The Morgan fingerprint density at radius 3 is 2.75 bits per heavy atom. The van der Waals surface area contributed by atoms with Crippen LogP contribution >= 0.6 is 0 Å². The molecule has 1 aromatic heterocycles. The topological polar surface area (TPSA) is 29.9 Å². The van der Waals surface area contributed by atoms with E-state index in [1.165, 1.54) is 43.2 Å². The first kappa shape index (κ1) is 13.2. The van der Waals surface area contributed by atoms with Gasteiger partial charge in [0.1, 0.15) is 0 Å². The molecule has 106 valence electrons. The van der Waals surface area contributed by atoms with Crippen LogP contribution in [0.4, 0.5) is 11.6 Å². The lowest BCUT2D eigenvalue weighted by atomic mass is 9.95. The summed E-state index contributed by atoms with van der Waals surface area (Å²) in [5, 5.41) is 3.51. The molecule has 2 aromatic rings. The monoisotopic (exact) mass is 269 g/mol. The zero-order valence-corrected chi connectivity index (χ0v) is 12.4. The first-order valence-corrected chi connectivity index (χ1v) is 7.62. The van der Waals surface area contributed by atoms with Gasteiger partial charge in [-0.3, -0.25) is 0 Å². The highest BCUT2D eigenvalue weighted by Crippen LogP contribution is 2.31. The highest BCUT2D eigenvalue weighted by Gasteiger charge is 2.18. The van der Waals surface area contributed by atoms with Crippen molar-refractivity contribution in [2.75, 3.05) is 5.32 Å². The van der Waals surface area contributed by atoms with Crippen LogP contribution in [0.15, 0.2) is 30.6 Å². The number of aromatic nitrogens is 2. The van der Waals surface area contributed by atoms with E-state index in [2.05, 4.69) is 53.1 Å². The molecule has 3 rings (SSSR count). The molecule has 1 fully saturated rings. The van der Waals surface area contributed by atoms with Crippen LogP contribution in [0.5, 0.6) is 0 Å². The maximum Gasteiger partial charge on any atom is 0.207 e. The predicted molar refractivity (Wildman–Crippen MR) is 83.5 cm³/mol. The van der Waals surface area contributed by atoms with Crippen LogP contribution in [0, 0.1) is 13.8 Å². The summed E-state index contributed by atoms with van der Waals surface area (Å²) in [6, 6.07) is 6.98. The summed E-state index contributed by atoms with van der Waals surface area (Å²) < 4.78 is 2.32. The quantitative estimate of drug-likeness (QED) is 0.871. The Hall–Kier alpha value is -1.77. The van der Waals surface area contributed by atoms with Crippen molar-refractivity contribution in [2.24, 2.45) is 0 Å². The first-order chi connectivity index (χ1) is 9.75. The average Bonchev–Trinajstić information content (AvgIpc) is 2.93. The first-order valence-electron chi connectivity index (χ1n) is 7.62. The molecule has 0 spiro atoms. The third kappa shape index (κ3) is 2.58. The molecule has 1 heterocycles. The van der Waals surface area contributed by atoms with E-state index in [0.717, 1.165) is 11.6 Å². The van der Waals surface area contributed by atoms with E-state index in [9.17, 15) is 0 Å². The molecular weight excluding hydrogens is 246 g/mol. The number of imidazole rings is 1. The smallest absolute Gasteiger partial charge is 0.207 e. The summed E-state index contributed by atoms with van der Waals surface area (Å²) in [5.41, 5.74) is 3.77. The molecule has 0 bridgehead atoms. The molecule has 1 aliphatic carbocycles. The van der Waals surface area contributed by atoms with Crippen molar-refractivity contribution in [3.05, 3.63) is 41.7 Å². The lowest BCUT2D eigenvalue weighted by Crippen LogP contribution is -2.14. The molecule has 1 N–H and O–H groups in total. The lowest BCUT2D eigenvalue weighted by Gasteiger charge is -2.25. The normalized spacial score (nSPS) is 16.3. The molecule has 0 aliphatic heterocycles. The van der Waals surface area contributed by atoms with Gasteiger partial charge in [-0.15, -0.1) is 0 Å². The van der Waals surface area contributed by atoms with Crippen molar-refractivity contribution in [3.63, 3.8) is 0 Å². The van der Waals surface area contributed by atoms with Gasteiger partial charge >= 0.3 is 0 Å². The zero-order chi connectivity index (χ0) is 13.9. The molecule has 1 saturated carbocycles. The van der Waals surface area contributed by atoms with Gasteiger partial charge in [-0.1, -0.05) is 31.4 Å².